The average Bonchev–Trinajstić information content (AvgIpc) is 2.99. The molecule has 1 aliphatic heterocycles. The van der Waals surface area contributed by atoms with Crippen LogP contribution in [0.15, 0.2) is 48.7 Å². The molecule has 0 spiro atoms. The van der Waals surface area contributed by atoms with Crippen molar-refractivity contribution in [1.29, 1.82) is 0 Å². The van der Waals surface area contributed by atoms with Gasteiger partial charge in [0, 0.05) is 36.9 Å². The molecule has 10 nitrogen and oxygen atoms in total. The molecule has 2 aromatic carbocycles. The minimum Gasteiger partial charge on any atom is -0.497 e. The second kappa shape index (κ2) is 14.4. The van der Waals surface area contributed by atoms with Crippen molar-refractivity contribution in [1.82, 2.24) is 20.2 Å². The number of nitrogens with one attached hydrogen (secondary N) is 2. The molecule has 1 saturated heterocycles. The third kappa shape index (κ3) is 7.80. The van der Waals surface area contributed by atoms with E-state index in [1.165, 1.54) is 0 Å². The van der Waals surface area contributed by atoms with Gasteiger partial charge in [-0.2, -0.15) is 0 Å². The number of benzene rings is 2. The maximum Gasteiger partial charge on any atom is 0.240 e. The molecule has 1 fully saturated rings. The monoisotopic (exact) mass is 581 g/mol. The van der Waals surface area contributed by atoms with E-state index in [1.807, 2.05) is 43.3 Å². The number of aldehydes is 1. The number of methoxy groups -OCH3 is 1. The number of hydrogen-bond acceptors (Lipinski definition) is 9. The summed E-state index contributed by atoms with van der Waals surface area (Å²) in [6.45, 7) is 3.12. The number of amides is 1. The zero-order valence-electron chi connectivity index (χ0n) is 23.5. The fraction of sp³-hybridized carbons (Fsp3) is 0.400. The van der Waals surface area contributed by atoms with E-state index in [1.54, 1.807) is 31.3 Å². The Morgan fingerprint density at radius 2 is 2.05 bits per heavy atom. The first kappa shape index (κ1) is 30.4. The number of aromatic nitrogens is 2. The third-order valence-corrected chi connectivity index (χ3v) is 7.50. The van der Waals surface area contributed by atoms with E-state index in [2.05, 4.69) is 20.6 Å². The Morgan fingerprint density at radius 3 is 2.76 bits per heavy atom. The number of ether oxygens (including phenoxy) is 2. The number of rotatable bonds is 12. The van der Waals surface area contributed by atoms with Crippen molar-refractivity contribution in [2.75, 3.05) is 39.3 Å². The Hall–Kier alpha value is -3.57. The van der Waals surface area contributed by atoms with Gasteiger partial charge in [-0.1, -0.05) is 35.9 Å². The first-order valence-electron chi connectivity index (χ1n) is 13.5. The highest BCUT2D eigenvalue weighted by Gasteiger charge is 2.25. The lowest BCUT2D eigenvalue weighted by molar-refractivity contribution is -0.128. The summed E-state index contributed by atoms with van der Waals surface area (Å²) in [6, 6.07) is 11.9. The molecule has 1 aliphatic rings. The van der Waals surface area contributed by atoms with Gasteiger partial charge in [-0.15, -0.1) is 0 Å². The number of aliphatic hydroxyl groups excluding tert-OH is 1. The van der Waals surface area contributed by atoms with Gasteiger partial charge in [-0.25, -0.2) is 9.97 Å². The number of carbonyl (C=O) groups excluding carboxylic acids is 2. The first-order valence-corrected chi connectivity index (χ1v) is 13.9. The Labute approximate surface area is 245 Å². The van der Waals surface area contributed by atoms with Crippen LogP contribution in [0.1, 0.15) is 47.3 Å². The van der Waals surface area contributed by atoms with Gasteiger partial charge in [-0.05, 0) is 56.1 Å². The van der Waals surface area contributed by atoms with Crippen molar-refractivity contribution in [3.63, 3.8) is 0 Å². The molecule has 41 heavy (non-hydrogen) atoms. The topological polar surface area (TPSA) is 126 Å². The van der Waals surface area contributed by atoms with E-state index in [0.717, 1.165) is 24.7 Å². The summed E-state index contributed by atoms with van der Waals surface area (Å²) in [6.07, 6.45) is 4.05. The minimum atomic E-state index is -0.822. The molecular formula is C30H36ClN5O5. The molecule has 1 amide bonds. The van der Waals surface area contributed by atoms with Crippen LogP contribution in [0.25, 0.3) is 11.3 Å². The van der Waals surface area contributed by atoms with Crippen LogP contribution in [0.4, 0.5) is 5.95 Å². The smallest absolute Gasteiger partial charge is 0.240 e. The normalized spacial score (nSPS) is 15.3. The van der Waals surface area contributed by atoms with Gasteiger partial charge in [0.2, 0.25) is 11.9 Å². The van der Waals surface area contributed by atoms with E-state index in [-0.39, 0.29) is 31.1 Å². The van der Waals surface area contributed by atoms with Gasteiger partial charge in [0.1, 0.15) is 18.1 Å². The predicted octanol–water partition coefficient (Wildman–Crippen LogP) is 3.88. The van der Waals surface area contributed by atoms with Gasteiger partial charge in [0.05, 0.1) is 36.7 Å². The summed E-state index contributed by atoms with van der Waals surface area (Å²) < 4.78 is 10.7. The maximum absolute atomic E-state index is 13.1. The Balaban J connectivity index is 1.46. The summed E-state index contributed by atoms with van der Waals surface area (Å²) in [5.41, 5.74) is 3.20. The van der Waals surface area contributed by atoms with E-state index >= 15 is 0 Å². The summed E-state index contributed by atoms with van der Waals surface area (Å²) >= 11 is 6.44. The van der Waals surface area contributed by atoms with Crippen LogP contribution in [0, 0.1) is 0 Å². The highest BCUT2D eigenvalue weighted by Crippen LogP contribution is 2.29. The summed E-state index contributed by atoms with van der Waals surface area (Å²) in [5, 5.41) is 16.7. The Bertz CT molecular complexity index is 1350. The highest BCUT2D eigenvalue weighted by atomic mass is 35.5. The number of likely N-dealkylation sites (N-methyl/N-ethyl adjacent to an activating group) is 1. The number of anilines is 1. The molecule has 3 N–H and O–H groups in total. The molecule has 11 heteroatoms. The predicted molar refractivity (Wildman–Crippen MR) is 157 cm³/mol. The lowest BCUT2D eigenvalue weighted by Crippen LogP contribution is -2.47. The van der Waals surface area contributed by atoms with Crippen LogP contribution >= 0.6 is 11.6 Å². The average molecular weight is 582 g/mol. The summed E-state index contributed by atoms with van der Waals surface area (Å²) in [4.78, 5) is 35.8. The molecule has 2 atom stereocenters. The molecule has 0 radical (unpaired) electrons. The van der Waals surface area contributed by atoms with Crippen LogP contribution in [0.3, 0.4) is 0 Å². The molecule has 1 aromatic heterocycles. The lowest BCUT2D eigenvalue weighted by Gasteiger charge is -2.27. The number of aliphatic hydroxyl groups is 1. The molecule has 0 bridgehead atoms. The van der Waals surface area contributed by atoms with Gasteiger partial charge >= 0.3 is 0 Å². The molecular weight excluding hydrogens is 546 g/mol. The number of halogens is 1. The van der Waals surface area contributed by atoms with Crippen molar-refractivity contribution in [2.45, 2.75) is 44.4 Å². The van der Waals surface area contributed by atoms with E-state index in [0.29, 0.717) is 52.3 Å². The fourth-order valence-electron chi connectivity index (χ4n) is 4.76. The molecule has 218 valence electrons. The Morgan fingerprint density at radius 1 is 1.27 bits per heavy atom. The van der Waals surface area contributed by atoms with Crippen molar-refractivity contribution in [3.05, 3.63) is 70.4 Å². The van der Waals surface area contributed by atoms with Crippen molar-refractivity contribution in [3.8, 4) is 17.0 Å². The molecule has 3 aromatic rings. The van der Waals surface area contributed by atoms with Gasteiger partial charge in [0.15, 0.2) is 0 Å². The molecule has 4 rings (SSSR count). The minimum absolute atomic E-state index is 0.219. The lowest BCUT2D eigenvalue weighted by atomic mass is 10.0. The standard InChI is InChI=1S/C30H36ClN5O5/c1-19(20-5-4-6-25(14-20)40-3)33-29(39)27(18-38)36(2)16-22-8-7-21(13-23(22)17-37)28-26(31)15-32-30(35-28)34-24-9-11-41-12-10-24/h4-8,13-15,17,19,24,27,38H,9-12,16,18H2,1-3H3,(H,33,39)(H,32,34,35). The molecule has 0 aliphatic carbocycles. The summed E-state index contributed by atoms with van der Waals surface area (Å²) in [5.74, 6) is 0.832. The van der Waals surface area contributed by atoms with E-state index in [9.17, 15) is 14.7 Å². The zero-order chi connectivity index (χ0) is 29.4. The van der Waals surface area contributed by atoms with Crippen molar-refractivity contribution in [2.24, 2.45) is 0 Å². The van der Waals surface area contributed by atoms with Crippen LogP contribution in [0.5, 0.6) is 5.75 Å². The molecule has 0 saturated carbocycles. The number of carbonyl (C=O) groups is 2. The highest BCUT2D eigenvalue weighted by molar-refractivity contribution is 6.32. The van der Waals surface area contributed by atoms with Crippen LogP contribution < -0.4 is 15.4 Å². The SMILES string of the molecule is COc1cccc(C(C)NC(=O)C(CO)N(C)Cc2ccc(-c3nc(NC4CCOCC4)ncc3Cl)cc2C=O)c1. The Kier molecular flexibility index (Phi) is 10.6. The van der Waals surface area contributed by atoms with Crippen molar-refractivity contribution >= 4 is 29.7 Å². The van der Waals surface area contributed by atoms with Gasteiger partial charge < -0.3 is 25.2 Å². The zero-order valence-corrected chi connectivity index (χ0v) is 24.2. The molecule has 2 unspecified atom stereocenters. The quantitative estimate of drug-likeness (QED) is 0.273. The van der Waals surface area contributed by atoms with Crippen LogP contribution in [-0.2, 0) is 16.1 Å². The van der Waals surface area contributed by atoms with Gasteiger partial charge in [-0.3, -0.25) is 14.5 Å². The second-order valence-corrected chi connectivity index (χ2v) is 10.5. The maximum atomic E-state index is 13.1. The molecule has 2 heterocycles. The van der Waals surface area contributed by atoms with Crippen LogP contribution in [-0.4, -0.2) is 78.2 Å². The van der Waals surface area contributed by atoms with Crippen molar-refractivity contribution < 1.29 is 24.2 Å². The van der Waals surface area contributed by atoms with Crippen LogP contribution in [0.2, 0.25) is 5.02 Å². The van der Waals surface area contributed by atoms with E-state index < -0.39 is 6.04 Å². The van der Waals surface area contributed by atoms with E-state index in [4.69, 9.17) is 21.1 Å². The second-order valence-electron chi connectivity index (χ2n) is 10.1. The fourth-order valence-corrected chi connectivity index (χ4v) is 4.96. The first-order chi connectivity index (χ1) is 19.8. The third-order valence-electron chi connectivity index (χ3n) is 7.22. The summed E-state index contributed by atoms with van der Waals surface area (Å²) in [7, 11) is 3.32. The largest absolute Gasteiger partial charge is 0.497 e. The van der Waals surface area contributed by atoms with Gasteiger partial charge in [0.25, 0.3) is 0 Å². The number of hydrogen-bond donors (Lipinski definition) is 3. The number of nitrogens with zero attached hydrogens (tertiary/aromatic N) is 3.